The van der Waals surface area contributed by atoms with Gasteiger partial charge >= 0.3 is 0 Å². The lowest BCUT2D eigenvalue weighted by atomic mass is 10.2. The Balaban J connectivity index is 4.07. The molecule has 0 heterocycles. The molecule has 0 aliphatic rings. The Morgan fingerprint density at radius 3 is 2.29 bits per heavy atom. The highest BCUT2D eigenvalue weighted by Gasteiger charge is 2.11. The van der Waals surface area contributed by atoms with Gasteiger partial charge in [-0.05, 0) is 25.2 Å². The Morgan fingerprint density at radius 1 is 1.29 bits per heavy atom. The van der Waals surface area contributed by atoms with Gasteiger partial charge in [0.05, 0.1) is 5.75 Å². The van der Waals surface area contributed by atoms with Gasteiger partial charge in [0, 0.05) is 7.05 Å². The van der Waals surface area contributed by atoms with E-state index < -0.39 is 5.91 Å². The smallest absolute Gasteiger partial charge is 0.288 e. The summed E-state index contributed by atoms with van der Waals surface area (Å²) in [7, 11) is 1.46. The third-order valence-corrected chi connectivity index (χ3v) is 3.22. The molecule has 1 N–H and O–H groups in total. The Labute approximate surface area is 89.3 Å². The molecular weight excluding hydrogens is 198 g/mol. The number of thioether (sulfide) groups is 1. The SMILES string of the molecule is CC/C(C)=C(/C)SCC(=O)C(=O)NC. The number of amides is 1. The van der Waals surface area contributed by atoms with Crippen molar-refractivity contribution in [1.82, 2.24) is 5.32 Å². The number of nitrogens with one attached hydrogen (secondary N) is 1. The van der Waals surface area contributed by atoms with Crippen molar-refractivity contribution in [3.05, 3.63) is 10.5 Å². The van der Waals surface area contributed by atoms with Crippen LogP contribution in [0.5, 0.6) is 0 Å². The van der Waals surface area contributed by atoms with E-state index in [-0.39, 0.29) is 11.5 Å². The van der Waals surface area contributed by atoms with E-state index in [1.54, 1.807) is 0 Å². The number of carbonyl (C=O) groups is 2. The minimum Gasteiger partial charge on any atom is -0.353 e. The van der Waals surface area contributed by atoms with Crippen molar-refractivity contribution in [2.24, 2.45) is 0 Å². The average Bonchev–Trinajstić information content (AvgIpc) is 2.22. The molecule has 0 aromatic heterocycles. The van der Waals surface area contributed by atoms with Crippen LogP contribution in [-0.4, -0.2) is 24.5 Å². The number of hydrogen-bond acceptors (Lipinski definition) is 3. The Hall–Kier alpha value is -0.770. The maximum absolute atomic E-state index is 11.1. The fourth-order valence-electron chi connectivity index (χ4n) is 0.751. The highest BCUT2D eigenvalue weighted by atomic mass is 32.2. The molecule has 0 bridgehead atoms. The summed E-state index contributed by atoms with van der Waals surface area (Å²) in [6.45, 7) is 6.08. The van der Waals surface area contributed by atoms with Crippen LogP contribution < -0.4 is 5.32 Å². The van der Waals surface area contributed by atoms with E-state index in [9.17, 15) is 9.59 Å². The zero-order valence-electron chi connectivity index (χ0n) is 9.14. The largest absolute Gasteiger partial charge is 0.353 e. The van der Waals surface area contributed by atoms with Gasteiger partial charge in [0.1, 0.15) is 0 Å². The first-order chi connectivity index (χ1) is 6.52. The third-order valence-electron chi connectivity index (χ3n) is 2.03. The van der Waals surface area contributed by atoms with Crippen LogP contribution in [0.25, 0.3) is 0 Å². The molecule has 14 heavy (non-hydrogen) atoms. The molecule has 0 aromatic rings. The lowest BCUT2D eigenvalue weighted by Crippen LogP contribution is -2.28. The standard InChI is InChI=1S/C10H17NO2S/c1-5-7(2)8(3)14-6-9(12)10(13)11-4/h5-6H2,1-4H3,(H,11,13)/b8-7-. The summed E-state index contributed by atoms with van der Waals surface area (Å²) in [5.41, 5.74) is 1.26. The van der Waals surface area contributed by atoms with Gasteiger partial charge in [-0.2, -0.15) is 0 Å². The van der Waals surface area contributed by atoms with Crippen molar-refractivity contribution < 1.29 is 9.59 Å². The van der Waals surface area contributed by atoms with Crippen LogP contribution in [0.15, 0.2) is 10.5 Å². The molecular formula is C10H17NO2S. The highest BCUT2D eigenvalue weighted by Crippen LogP contribution is 2.20. The molecule has 0 saturated heterocycles. The van der Waals surface area contributed by atoms with Crippen LogP contribution >= 0.6 is 11.8 Å². The summed E-state index contributed by atoms with van der Waals surface area (Å²) in [5, 5.41) is 2.31. The summed E-state index contributed by atoms with van der Waals surface area (Å²) < 4.78 is 0. The average molecular weight is 215 g/mol. The molecule has 0 aliphatic carbocycles. The molecule has 1 amide bonds. The number of hydrogen-bond donors (Lipinski definition) is 1. The predicted octanol–water partition coefficient (Wildman–Crippen LogP) is 1.74. The van der Waals surface area contributed by atoms with Crippen molar-refractivity contribution in [3.8, 4) is 0 Å². The quantitative estimate of drug-likeness (QED) is 0.711. The second kappa shape index (κ2) is 6.65. The predicted molar refractivity (Wildman–Crippen MR) is 60.2 cm³/mol. The van der Waals surface area contributed by atoms with Crippen LogP contribution in [0.1, 0.15) is 27.2 Å². The van der Waals surface area contributed by atoms with E-state index in [2.05, 4.69) is 12.2 Å². The summed E-state index contributed by atoms with van der Waals surface area (Å²) in [5.74, 6) is -0.664. The van der Waals surface area contributed by atoms with Crippen molar-refractivity contribution in [2.75, 3.05) is 12.8 Å². The summed E-state index contributed by atoms with van der Waals surface area (Å²) in [6, 6.07) is 0. The summed E-state index contributed by atoms with van der Waals surface area (Å²) in [4.78, 5) is 23.1. The molecule has 0 unspecified atom stereocenters. The fourth-order valence-corrected chi connectivity index (χ4v) is 1.62. The van der Waals surface area contributed by atoms with Crippen LogP contribution in [0.2, 0.25) is 0 Å². The number of rotatable bonds is 5. The lowest BCUT2D eigenvalue weighted by molar-refractivity contribution is -0.136. The first kappa shape index (κ1) is 13.2. The molecule has 0 saturated carbocycles. The van der Waals surface area contributed by atoms with Crippen molar-refractivity contribution >= 4 is 23.5 Å². The first-order valence-electron chi connectivity index (χ1n) is 4.57. The second-order valence-electron chi connectivity index (χ2n) is 2.98. The van der Waals surface area contributed by atoms with Gasteiger partial charge in [0.25, 0.3) is 5.91 Å². The number of carbonyl (C=O) groups excluding carboxylic acids is 2. The highest BCUT2D eigenvalue weighted by molar-refractivity contribution is 8.03. The van der Waals surface area contributed by atoms with Crippen molar-refractivity contribution in [3.63, 3.8) is 0 Å². The lowest BCUT2D eigenvalue weighted by Gasteiger charge is -2.04. The van der Waals surface area contributed by atoms with Gasteiger partial charge in [-0.25, -0.2) is 0 Å². The summed E-state index contributed by atoms with van der Waals surface area (Å²) >= 11 is 1.43. The molecule has 4 heteroatoms. The van der Waals surface area contributed by atoms with E-state index in [4.69, 9.17) is 0 Å². The zero-order chi connectivity index (χ0) is 11.1. The van der Waals surface area contributed by atoms with E-state index >= 15 is 0 Å². The van der Waals surface area contributed by atoms with Crippen molar-refractivity contribution in [1.29, 1.82) is 0 Å². The van der Waals surface area contributed by atoms with Gasteiger partial charge in [-0.3, -0.25) is 9.59 Å². The molecule has 0 radical (unpaired) electrons. The van der Waals surface area contributed by atoms with Crippen molar-refractivity contribution in [2.45, 2.75) is 27.2 Å². The van der Waals surface area contributed by atoms with Crippen LogP contribution in [0.3, 0.4) is 0 Å². The maximum Gasteiger partial charge on any atom is 0.288 e. The van der Waals surface area contributed by atoms with E-state index in [1.807, 2.05) is 13.8 Å². The molecule has 0 fully saturated rings. The topological polar surface area (TPSA) is 46.2 Å². The van der Waals surface area contributed by atoms with Gasteiger partial charge < -0.3 is 5.32 Å². The second-order valence-corrected chi connectivity index (χ2v) is 4.17. The minimum absolute atomic E-state index is 0.225. The van der Waals surface area contributed by atoms with E-state index in [0.29, 0.717) is 0 Å². The van der Waals surface area contributed by atoms with Gasteiger partial charge in [-0.1, -0.05) is 12.5 Å². The number of ketones is 1. The third kappa shape index (κ3) is 4.46. The Bertz CT molecular complexity index is 259. The molecule has 0 aliphatic heterocycles. The van der Waals surface area contributed by atoms with E-state index in [0.717, 1.165) is 11.3 Å². The zero-order valence-corrected chi connectivity index (χ0v) is 9.96. The van der Waals surface area contributed by atoms with Crippen LogP contribution in [0.4, 0.5) is 0 Å². The number of Topliss-reactive ketones (excluding diaryl/α,β-unsaturated/α-hetero) is 1. The Kier molecular flexibility index (Phi) is 6.28. The number of allylic oxidation sites excluding steroid dienone is 2. The monoisotopic (exact) mass is 215 g/mol. The molecule has 0 atom stereocenters. The van der Waals surface area contributed by atoms with Crippen LogP contribution in [-0.2, 0) is 9.59 Å². The summed E-state index contributed by atoms with van der Waals surface area (Å²) in [6.07, 6.45) is 0.979. The molecule has 0 aromatic carbocycles. The molecule has 0 spiro atoms. The first-order valence-corrected chi connectivity index (χ1v) is 5.55. The van der Waals surface area contributed by atoms with Gasteiger partial charge in [0.2, 0.25) is 5.78 Å². The van der Waals surface area contributed by atoms with Gasteiger partial charge in [-0.15, -0.1) is 11.8 Å². The molecule has 80 valence electrons. The Morgan fingerprint density at radius 2 is 1.86 bits per heavy atom. The molecule has 3 nitrogen and oxygen atoms in total. The molecule has 0 rings (SSSR count). The number of likely N-dealkylation sites (N-methyl/N-ethyl adjacent to an activating group) is 1. The maximum atomic E-state index is 11.1. The van der Waals surface area contributed by atoms with E-state index in [1.165, 1.54) is 24.4 Å². The minimum atomic E-state index is -0.514. The van der Waals surface area contributed by atoms with Gasteiger partial charge in [0.15, 0.2) is 0 Å². The normalized spacial score (nSPS) is 12.0. The van der Waals surface area contributed by atoms with Crippen LogP contribution in [0, 0.1) is 0 Å². The fraction of sp³-hybridized carbons (Fsp3) is 0.600.